The Morgan fingerprint density at radius 3 is 2.56 bits per heavy atom. The molecule has 0 amide bonds. The van der Waals surface area contributed by atoms with E-state index in [4.69, 9.17) is 11.6 Å². The summed E-state index contributed by atoms with van der Waals surface area (Å²) in [7, 11) is -3.31. The van der Waals surface area contributed by atoms with Crippen molar-refractivity contribution in [2.24, 2.45) is 11.8 Å². The van der Waals surface area contributed by atoms with Crippen LogP contribution in [0.4, 0.5) is 0 Å². The number of halogens is 1. The minimum Gasteiger partial charge on any atom is -0.195 e. The van der Waals surface area contributed by atoms with Crippen molar-refractivity contribution in [1.82, 2.24) is 8.61 Å². The minimum atomic E-state index is -3.31. The molecule has 106 valence electrons. The van der Waals surface area contributed by atoms with Gasteiger partial charge >= 0.3 is 0 Å². The van der Waals surface area contributed by atoms with Gasteiger partial charge in [-0.3, -0.25) is 0 Å². The number of alkyl halides is 1. The quantitative estimate of drug-likeness (QED) is 0.746. The summed E-state index contributed by atoms with van der Waals surface area (Å²) < 4.78 is 28.6. The lowest BCUT2D eigenvalue weighted by Gasteiger charge is -2.35. The Labute approximate surface area is 115 Å². The van der Waals surface area contributed by atoms with Gasteiger partial charge in [0.1, 0.15) is 0 Å². The van der Waals surface area contributed by atoms with Crippen LogP contribution in [-0.4, -0.2) is 48.6 Å². The molecule has 6 heteroatoms. The Morgan fingerprint density at radius 1 is 1.22 bits per heavy atom. The molecule has 2 saturated heterocycles. The largest absolute Gasteiger partial charge is 0.282 e. The van der Waals surface area contributed by atoms with Crippen LogP contribution in [0.1, 0.15) is 33.1 Å². The maximum Gasteiger partial charge on any atom is 0.282 e. The van der Waals surface area contributed by atoms with Gasteiger partial charge in [-0.2, -0.15) is 17.0 Å². The zero-order chi connectivity index (χ0) is 13.3. The zero-order valence-electron chi connectivity index (χ0n) is 11.2. The summed E-state index contributed by atoms with van der Waals surface area (Å²) in [6, 6.07) is -0.0334. The Bertz CT molecular complexity index is 388. The summed E-state index contributed by atoms with van der Waals surface area (Å²) in [5, 5.41) is 0. The topological polar surface area (TPSA) is 40.6 Å². The van der Waals surface area contributed by atoms with Gasteiger partial charge in [0.25, 0.3) is 10.2 Å². The van der Waals surface area contributed by atoms with Crippen molar-refractivity contribution in [2.75, 3.05) is 25.5 Å². The lowest BCUT2D eigenvalue weighted by Crippen LogP contribution is -2.50. The van der Waals surface area contributed by atoms with Crippen LogP contribution in [0.2, 0.25) is 0 Å². The van der Waals surface area contributed by atoms with Crippen LogP contribution in [0.5, 0.6) is 0 Å². The standard InChI is InChI=1S/C12H23ClN2O2S/c1-10-4-3-6-14(9-10)18(16,17)15-7-5-11(2)12(15)8-13/h10-12H,3-9H2,1-2H3. The second-order valence-electron chi connectivity index (χ2n) is 5.71. The summed E-state index contributed by atoms with van der Waals surface area (Å²) >= 11 is 5.95. The Kier molecular flexibility index (Phi) is 4.57. The molecular formula is C12H23ClN2O2S. The molecule has 0 aromatic heterocycles. The van der Waals surface area contributed by atoms with Gasteiger partial charge in [-0.15, -0.1) is 11.6 Å². The van der Waals surface area contributed by atoms with Crippen molar-refractivity contribution in [3.8, 4) is 0 Å². The molecule has 0 spiro atoms. The van der Waals surface area contributed by atoms with Gasteiger partial charge in [-0.1, -0.05) is 13.8 Å². The van der Waals surface area contributed by atoms with E-state index in [-0.39, 0.29) is 6.04 Å². The number of piperidine rings is 1. The molecule has 0 N–H and O–H groups in total. The van der Waals surface area contributed by atoms with Crippen LogP contribution in [0, 0.1) is 11.8 Å². The summed E-state index contributed by atoms with van der Waals surface area (Å²) in [5.74, 6) is 1.21. The second kappa shape index (κ2) is 5.65. The summed E-state index contributed by atoms with van der Waals surface area (Å²) in [4.78, 5) is 0. The van der Waals surface area contributed by atoms with E-state index >= 15 is 0 Å². The molecule has 0 bridgehead atoms. The predicted molar refractivity (Wildman–Crippen MR) is 73.9 cm³/mol. The third kappa shape index (κ3) is 2.69. The average Bonchev–Trinajstić information content (AvgIpc) is 2.71. The summed E-state index contributed by atoms with van der Waals surface area (Å²) in [6.07, 6.45) is 3.01. The molecule has 2 heterocycles. The number of hydrogen-bond donors (Lipinski definition) is 0. The first kappa shape index (κ1) is 14.6. The normalized spacial score (nSPS) is 36.1. The van der Waals surface area contributed by atoms with E-state index < -0.39 is 10.2 Å². The van der Waals surface area contributed by atoms with Crippen LogP contribution in [0.15, 0.2) is 0 Å². The SMILES string of the molecule is CC1CCCN(S(=O)(=O)N2CCC(C)C2CCl)C1. The highest BCUT2D eigenvalue weighted by Gasteiger charge is 2.41. The highest BCUT2D eigenvalue weighted by molar-refractivity contribution is 7.86. The lowest BCUT2D eigenvalue weighted by atomic mass is 10.0. The monoisotopic (exact) mass is 294 g/mol. The van der Waals surface area contributed by atoms with E-state index in [2.05, 4.69) is 13.8 Å². The third-order valence-electron chi connectivity index (χ3n) is 4.23. The van der Waals surface area contributed by atoms with Crippen LogP contribution in [0.3, 0.4) is 0 Å². The van der Waals surface area contributed by atoms with Gasteiger partial charge in [0.15, 0.2) is 0 Å². The Balaban J connectivity index is 2.15. The molecular weight excluding hydrogens is 272 g/mol. The van der Waals surface area contributed by atoms with E-state index in [9.17, 15) is 8.42 Å². The molecule has 2 rings (SSSR count). The summed E-state index contributed by atoms with van der Waals surface area (Å²) in [6.45, 7) is 6.13. The fraction of sp³-hybridized carbons (Fsp3) is 1.00. The smallest absolute Gasteiger partial charge is 0.195 e. The van der Waals surface area contributed by atoms with Gasteiger partial charge in [0.05, 0.1) is 0 Å². The van der Waals surface area contributed by atoms with Crippen molar-refractivity contribution >= 4 is 21.8 Å². The van der Waals surface area contributed by atoms with E-state index in [0.717, 1.165) is 19.3 Å². The molecule has 2 fully saturated rings. The fourth-order valence-corrected chi connectivity index (χ4v) is 5.61. The Hall–Kier alpha value is 0.160. The molecule has 0 aromatic carbocycles. The van der Waals surface area contributed by atoms with Gasteiger partial charge in [-0.25, -0.2) is 0 Å². The first-order valence-corrected chi connectivity index (χ1v) is 8.73. The predicted octanol–water partition coefficient (Wildman–Crippen LogP) is 1.91. The highest BCUT2D eigenvalue weighted by atomic mass is 35.5. The van der Waals surface area contributed by atoms with Crippen molar-refractivity contribution < 1.29 is 8.42 Å². The lowest BCUT2D eigenvalue weighted by molar-refractivity contribution is 0.253. The van der Waals surface area contributed by atoms with Crippen LogP contribution >= 0.6 is 11.6 Å². The van der Waals surface area contributed by atoms with Gasteiger partial charge < -0.3 is 0 Å². The molecule has 18 heavy (non-hydrogen) atoms. The first-order valence-electron chi connectivity index (χ1n) is 6.79. The fourth-order valence-electron chi connectivity index (χ4n) is 2.99. The Morgan fingerprint density at radius 2 is 1.94 bits per heavy atom. The molecule has 0 aromatic rings. The number of nitrogens with zero attached hydrogens (tertiary/aromatic N) is 2. The number of rotatable bonds is 3. The average molecular weight is 295 g/mol. The second-order valence-corrected chi connectivity index (χ2v) is 7.90. The molecule has 4 nitrogen and oxygen atoms in total. The highest BCUT2D eigenvalue weighted by Crippen LogP contribution is 2.30. The van der Waals surface area contributed by atoms with Crippen LogP contribution in [-0.2, 0) is 10.2 Å². The van der Waals surface area contributed by atoms with Crippen molar-refractivity contribution in [3.05, 3.63) is 0 Å². The number of hydrogen-bond acceptors (Lipinski definition) is 2. The molecule has 0 saturated carbocycles. The van der Waals surface area contributed by atoms with Crippen LogP contribution in [0.25, 0.3) is 0 Å². The van der Waals surface area contributed by atoms with E-state index in [0.29, 0.717) is 37.4 Å². The van der Waals surface area contributed by atoms with Crippen molar-refractivity contribution in [1.29, 1.82) is 0 Å². The molecule has 3 unspecified atom stereocenters. The summed E-state index contributed by atoms with van der Waals surface area (Å²) in [5.41, 5.74) is 0. The molecule has 2 aliphatic rings. The van der Waals surface area contributed by atoms with E-state index in [1.807, 2.05) is 0 Å². The van der Waals surface area contributed by atoms with Crippen LogP contribution < -0.4 is 0 Å². The molecule has 2 aliphatic heterocycles. The maximum absolute atomic E-state index is 12.6. The van der Waals surface area contributed by atoms with E-state index in [1.54, 1.807) is 8.61 Å². The zero-order valence-corrected chi connectivity index (χ0v) is 12.8. The van der Waals surface area contributed by atoms with Gasteiger partial charge in [0, 0.05) is 31.6 Å². The van der Waals surface area contributed by atoms with Gasteiger partial charge in [-0.05, 0) is 31.1 Å². The molecule has 0 aliphatic carbocycles. The molecule has 3 atom stereocenters. The third-order valence-corrected chi connectivity index (χ3v) is 6.58. The maximum atomic E-state index is 12.6. The minimum absolute atomic E-state index is 0.0334. The van der Waals surface area contributed by atoms with E-state index in [1.165, 1.54) is 0 Å². The van der Waals surface area contributed by atoms with Crippen molar-refractivity contribution in [3.63, 3.8) is 0 Å². The first-order chi connectivity index (χ1) is 8.46. The molecule has 0 radical (unpaired) electrons. The van der Waals surface area contributed by atoms with Gasteiger partial charge in [0.2, 0.25) is 0 Å². The van der Waals surface area contributed by atoms with Crippen molar-refractivity contribution in [2.45, 2.75) is 39.2 Å².